The molecule has 0 spiro atoms. The van der Waals surface area contributed by atoms with E-state index in [-0.39, 0.29) is 29.6 Å². The lowest BCUT2D eigenvalue weighted by Crippen LogP contribution is -2.23. The molecule has 0 aliphatic heterocycles. The van der Waals surface area contributed by atoms with Gasteiger partial charge in [-0.3, -0.25) is 0 Å². The monoisotopic (exact) mass is 379 g/mol. The molecule has 6 nitrogen and oxygen atoms in total. The van der Waals surface area contributed by atoms with Crippen LogP contribution in [0.5, 0.6) is 0 Å². The fraction of sp³-hybridized carbons (Fsp3) is 0.312. The zero-order valence-corrected chi connectivity index (χ0v) is 14.7. The van der Waals surface area contributed by atoms with Crippen molar-refractivity contribution in [3.05, 3.63) is 39.5 Å². The number of esters is 1. The third-order valence-electron chi connectivity index (χ3n) is 3.39. The Balaban J connectivity index is 2.95. The van der Waals surface area contributed by atoms with Crippen LogP contribution in [0.25, 0.3) is 10.9 Å². The fourth-order valence-corrected chi connectivity index (χ4v) is 2.86. The van der Waals surface area contributed by atoms with Gasteiger partial charge in [0.2, 0.25) is 0 Å². The Morgan fingerprint density at radius 1 is 1.48 bits per heavy atom. The van der Waals surface area contributed by atoms with E-state index in [2.05, 4.69) is 26.1 Å². The second-order valence-electron chi connectivity index (χ2n) is 5.27. The number of ether oxygens (including phenoxy) is 1. The summed E-state index contributed by atoms with van der Waals surface area (Å²) in [6, 6.07) is 5.56. The molecule has 3 N–H and O–H groups in total. The van der Waals surface area contributed by atoms with E-state index in [1.165, 1.54) is 0 Å². The van der Waals surface area contributed by atoms with E-state index in [1.807, 2.05) is 32.0 Å². The van der Waals surface area contributed by atoms with Crippen LogP contribution in [-0.2, 0) is 4.74 Å². The topological polar surface area (TPSA) is 97.8 Å². The molecule has 0 bridgehead atoms. The van der Waals surface area contributed by atoms with Crippen LogP contribution in [0.4, 0.5) is 0 Å². The summed E-state index contributed by atoms with van der Waals surface area (Å²) in [4.78, 5) is 16.9. The molecule has 0 saturated heterocycles. The molecule has 23 heavy (non-hydrogen) atoms. The Morgan fingerprint density at radius 3 is 2.74 bits per heavy atom. The molecule has 0 atom stereocenters. The Labute approximate surface area is 142 Å². The van der Waals surface area contributed by atoms with Crippen molar-refractivity contribution in [1.82, 2.24) is 4.98 Å². The van der Waals surface area contributed by atoms with Crippen LogP contribution in [0.1, 0.15) is 48.3 Å². The van der Waals surface area contributed by atoms with Crippen molar-refractivity contribution >= 4 is 38.6 Å². The summed E-state index contributed by atoms with van der Waals surface area (Å²) in [7, 11) is 0. The first-order chi connectivity index (χ1) is 10.9. The van der Waals surface area contributed by atoms with Gasteiger partial charge in [-0.1, -0.05) is 34.9 Å². The molecule has 2 aromatic rings. The van der Waals surface area contributed by atoms with Crippen LogP contribution in [0, 0.1) is 0 Å². The number of carbonyl (C=O) groups is 1. The Hall–Kier alpha value is -2.15. The number of halogens is 1. The highest BCUT2D eigenvalue weighted by Crippen LogP contribution is 2.32. The van der Waals surface area contributed by atoms with E-state index < -0.39 is 5.97 Å². The Bertz CT molecular complexity index is 788. The molecule has 0 unspecified atom stereocenters. The zero-order valence-electron chi connectivity index (χ0n) is 13.1. The Morgan fingerprint density at radius 2 is 2.17 bits per heavy atom. The normalized spacial score (nSPS) is 12.0. The number of amidine groups is 1. The van der Waals surface area contributed by atoms with Crippen LogP contribution in [0.3, 0.4) is 0 Å². The van der Waals surface area contributed by atoms with Crippen molar-refractivity contribution in [3.8, 4) is 0 Å². The van der Waals surface area contributed by atoms with Crippen LogP contribution in [0.2, 0.25) is 0 Å². The maximum Gasteiger partial charge on any atom is 0.340 e. The molecule has 0 saturated carbocycles. The summed E-state index contributed by atoms with van der Waals surface area (Å²) in [6.07, 6.45) is 0. The number of aromatic nitrogens is 1. The second-order valence-corrected chi connectivity index (χ2v) is 6.19. The molecule has 1 heterocycles. The highest BCUT2D eigenvalue weighted by atomic mass is 79.9. The number of carbonyl (C=O) groups excluding carboxylic acids is 1. The number of nitrogens with zero attached hydrogens (tertiary/aromatic N) is 2. The van der Waals surface area contributed by atoms with E-state index in [1.54, 1.807) is 6.92 Å². The van der Waals surface area contributed by atoms with E-state index in [9.17, 15) is 4.79 Å². The lowest BCUT2D eigenvalue weighted by Gasteiger charge is -2.18. The Kier molecular flexibility index (Phi) is 5.20. The van der Waals surface area contributed by atoms with Gasteiger partial charge in [0.05, 0.1) is 17.7 Å². The van der Waals surface area contributed by atoms with Crippen molar-refractivity contribution in [2.45, 2.75) is 26.7 Å². The predicted octanol–water partition coefficient (Wildman–Crippen LogP) is 3.39. The molecule has 0 radical (unpaired) electrons. The smallest absolute Gasteiger partial charge is 0.340 e. The molecule has 2 rings (SSSR count). The summed E-state index contributed by atoms with van der Waals surface area (Å²) in [5, 5.41) is 12.9. The van der Waals surface area contributed by atoms with Gasteiger partial charge in [-0.2, -0.15) is 0 Å². The number of fused-ring (bicyclic) bond motifs is 1. The average molecular weight is 380 g/mol. The van der Waals surface area contributed by atoms with Gasteiger partial charge in [-0.25, -0.2) is 9.78 Å². The highest BCUT2D eigenvalue weighted by molar-refractivity contribution is 9.10. The second kappa shape index (κ2) is 6.95. The quantitative estimate of drug-likeness (QED) is 0.279. The molecule has 122 valence electrons. The zero-order chi connectivity index (χ0) is 17.1. The third-order valence-corrected chi connectivity index (χ3v) is 3.89. The minimum Gasteiger partial charge on any atom is -0.462 e. The lowest BCUT2D eigenvalue weighted by molar-refractivity contribution is 0.0524. The summed E-state index contributed by atoms with van der Waals surface area (Å²) in [6.45, 7) is 5.88. The minimum absolute atomic E-state index is 0.0134. The van der Waals surface area contributed by atoms with Crippen molar-refractivity contribution in [2.24, 2.45) is 10.9 Å². The van der Waals surface area contributed by atoms with Gasteiger partial charge in [0.25, 0.3) is 0 Å². The minimum atomic E-state index is -0.535. The first-order valence-electron chi connectivity index (χ1n) is 7.18. The summed E-state index contributed by atoms with van der Waals surface area (Å²) >= 11 is 3.44. The largest absolute Gasteiger partial charge is 0.462 e. The van der Waals surface area contributed by atoms with E-state index in [0.29, 0.717) is 5.52 Å². The fourth-order valence-electron chi connectivity index (χ4n) is 2.50. The van der Waals surface area contributed by atoms with Crippen LogP contribution >= 0.6 is 15.9 Å². The van der Waals surface area contributed by atoms with Crippen molar-refractivity contribution in [2.75, 3.05) is 6.61 Å². The molecular weight excluding hydrogens is 362 g/mol. The van der Waals surface area contributed by atoms with Crippen LogP contribution in [0.15, 0.2) is 27.8 Å². The molecule has 0 aliphatic carbocycles. The van der Waals surface area contributed by atoms with Crippen LogP contribution in [-0.4, -0.2) is 28.6 Å². The van der Waals surface area contributed by atoms with Crippen LogP contribution < -0.4 is 5.73 Å². The highest BCUT2D eigenvalue weighted by Gasteiger charge is 2.26. The molecule has 1 aromatic heterocycles. The van der Waals surface area contributed by atoms with Crippen molar-refractivity contribution in [3.63, 3.8) is 0 Å². The number of oxime groups is 1. The first-order valence-corrected chi connectivity index (χ1v) is 7.98. The van der Waals surface area contributed by atoms with Gasteiger partial charge in [-0.15, -0.1) is 0 Å². The average Bonchev–Trinajstić information content (AvgIpc) is 2.52. The van der Waals surface area contributed by atoms with E-state index >= 15 is 0 Å². The molecule has 7 heteroatoms. The number of rotatable bonds is 4. The van der Waals surface area contributed by atoms with Crippen molar-refractivity contribution < 1.29 is 14.7 Å². The van der Waals surface area contributed by atoms with Gasteiger partial charge in [-0.05, 0) is 36.6 Å². The van der Waals surface area contributed by atoms with Gasteiger partial charge in [0.15, 0.2) is 5.84 Å². The van der Waals surface area contributed by atoms with Crippen molar-refractivity contribution in [1.29, 1.82) is 0 Å². The van der Waals surface area contributed by atoms with Gasteiger partial charge >= 0.3 is 5.97 Å². The lowest BCUT2D eigenvalue weighted by atomic mass is 9.91. The molecule has 0 amide bonds. The number of hydrogen-bond acceptors (Lipinski definition) is 5. The van der Waals surface area contributed by atoms with Gasteiger partial charge < -0.3 is 15.7 Å². The molecule has 1 aromatic carbocycles. The number of hydrogen-bond donors (Lipinski definition) is 2. The molecule has 0 fully saturated rings. The number of pyridine rings is 1. The molecular formula is C16H18BrN3O3. The maximum absolute atomic E-state index is 12.5. The number of nitrogens with two attached hydrogens (primary N) is 1. The summed E-state index contributed by atoms with van der Waals surface area (Å²) in [5.41, 5.74) is 7.53. The van der Waals surface area contributed by atoms with Gasteiger partial charge in [0.1, 0.15) is 5.69 Å². The van der Waals surface area contributed by atoms with E-state index in [4.69, 9.17) is 15.7 Å². The van der Waals surface area contributed by atoms with Gasteiger partial charge in [0, 0.05) is 9.86 Å². The maximum atomic E-state index is 12.5. The van der Waals surface area contributed by atoms with E-state index in [0.717, 1.165) is 15.4 Å². The SMILES string of the molecule is CCOC(=O)c1c(C(N)=NO)nc2ccc(Br)cc2c1C(C)C. The summed E-state index contributed by atoms with van der Waals surface area (Å²) in [5.74, 6) is -0.744. The number of benzene rings is 1. The predicted molar refractivity (Wildman–Crippen MR) is 92.0 cm³/mol. The molecule has 0 aliphatic rings. The standard InChI is InChI=1S/C16H18BrN3O3/c1-4-23-16(21)13-12(8(2)3)10-7-9(17)5-6-11(10)19-14(13)15(18)20-22/h5-8,22H,4H2,1-3H3,(H2,18,20). The summed E-state index contributed by atoms with van der Waals surface area (Å²) < 4.78 is 6.03. The third kappa shape index (κ3) is 3.29. The first kappa shape index (κ1) is 17.2.